The smallest absolute Gasteiger partial charge is 0.344 e. The maximum absolute atomic E-state index is 13.0. The van der Waals surface area contributed by atoms with Crippen molar-refractivity contribution in [1.82, 2.24) is 14.5 Å². The Morgan fingerprint density at radius 3 is 2.55 bits per heavy atom. The van der Waals surface area contributed by atoms with Gasteiger partial charge in [-0.3, -0.25) is 0 Å². The molecule has 2 aromatic carbocycles. The number of fused-ring (bicyclic) bond motifs is 3. The van der Waals surface area contributed by atoms with Crippen molar-refractivity contribution in [2.24, 2.45) is 0 Å². The van der Waals surface area contributed by atoms with Gasteiger partial charge in [0, 0.05) is 0 Å². The van der Waals surface area contributed by atoms with Gasteiger partial charge in [0.2, 0.25) is 6.79 Å². The number of aromatic nitrogens is 3. The highest BCUT2D eigenvalue weighted by Crippen LogP contribution is 2.34. The number of anilines is 1. The van der Waals surface area contributed by atoms with Gasteiger partial charge in [0.1, 0.15) is 22.5 Å². The maximum atomic E-state index is 13.0. The number of esters is 1. The van der Waals surface area contributed by atoms with E-state index in [0.717, 1.165) is 11.1 Å². The van der Waals surface area contributed by atoms with E-state index in [1.165, 1.54) is 0 Å². The summed E-state index contributed by atoms with van der Waals surface area (Å²) in [5.74, 6) is 1.12. The number of hydrogen-bond donors (Lipinski definition) is 1. The fourth-order valence-electron chi connectivity index (χ4n) is 3.63. The Hall–Kier alpha value is -3.81. The third kappa shape index (κ3) is 3.39. The zero-order valence-corrected chi connectivity index (χ0v) is 17.5. The fourth-order valence-corrected chi connectivity index (χ4v) is 3.63. The van der Waals surface area contributed by atoms with Gasteiger partial charge in [0.15, 0.2) is 17.1 Å². The van der Waals surface area contributed by atoms with Gasteiger partial charge in [-0.25, -0.2) is 14.8 Å². The number of rotatable bonds is 3. The lowest BCUT2D eigenvalue weighted by Crippen LogP contribution is -2.24. The lowest BCUT2D eigenvalue weighted by atomic mass is 10.2. The summed E-state index contributed by atoms with van der Waals surface area (Å²) in [5.41, 5.74) is 9.32. The standard InChI is InChI=1S/C23H22N4O4/c1-23(2,3)31-22(28)18-19-21(26-15-7-5-4-6-14(15)25-19)27(20(18)24)11-13-8-9-16-17(10-13)30-12-29-16/h4-10H,11-12,24H2,1-3H3. The molecule has 8 nitrogen and oxygen atoms in total. The van der Waals surface area contributed by atoms with Crippen molar-refractivity contribution in [3.63, 3.8) is 0 Å². The van der Waals surface area contributed by atoms with Crippen LogP contribution in [0.1, 0.15) is 36.7 Å². The Morgan fingerprint density at radius 2 is 1.81 bits per heavy atom. The number of carbonyl (C=O) groups excluding carboxylic acids is 1. The predicted molar refractivity (Wildman–Crippen MR) is 116 cm³/mol. The predicted octanol–water partition coefficient (Wildman–Crippen LogP) is 3.90. The van der Waals surface area contributed by atoms with Crippen LogP contribution in [0.15, 0.2) is 42.5 Å². The SMILES string of the molecule is CC(C)(C)OC(=O)c1c(N)n(Cc2ccc3c(c2)OCO3)c2nc3ccccc3nc12. The van der Waals surface area contributed by atoms with E-state index in [1.54, 1.807) is 4.57 Å². The summed E-state index contributed by atoms with van der Waals surface area (Å²) in [6.07, 6.45) is 0. The summed E-state index contributed by atoms with van der Waals surface area (Å²) in [5, 5.41) is 0. The van der Waals surface area contributed by atoms with E-state index in [2.05, 4.69) is 0 Å². The van der Waals surface area contributed by atoms with E-state index in [0.29, 0.717) is 34.7 Å². The number of nitrogens with zero attached hydrogens (tertiary/aromatic N) is 3. The molecular weight excluding hydrogens is 396 g/mol. The number of ether oxygens (including phenoxy) is 3. The van der Waals surface area contributed by atoms with Gasteiger partial charge in [0.05, 0.1) is 17.6 Å². The summed E-state index contributed by atoms with van der Waals surface area (Å²) >= 11 is 0. The molecule has 2 aromatic heterocycles. The van der Waals surface area contributed by atoms with Crippen molar-refractivity contribution in [3.8, 4) is 11.5 Å². The molecular formula is C23H22N4O4. The second-order valence-corrected chi connectivity index (χ2v) is 8.42. The van der Waals surface area contributed by atoms with Gasteiger partial charge >= 0.3 is 5.97 Å². The molecule has 0 saturated heterocycles. The molecule has 0 spiro atoms. The molecule has 2 N–H and O–H groups in total. The van der Waals surface area contributed by atoms with Crippen LogP contribution in [0.25, 0.3) is 22.2 Å². The van der Waals surface area contributed by atoms with Crippen molar-refractivity contribution in [3.05, 3.63) is 53.6 Å². The number of carbonyl (C=O) groups is 1. The Balaban J connectivity index is 1.68. The minimum atomic E-state index is -0.667. The first kappa shape index (κ1) is 19.2. The van der Waals surface area contributed by atoms with Gasteiger partial charge in [-0.15, -0.1) is 0 Å². The third-order valence-corrected chi connectivity index (χ3v) is 4.97. The van der Waals surface area contributed by atoms with E-state index >= 15 is 0 Å². The molecule has 158 valence electrons. The summed E-state index contributed by atoms with van der Waals surface area (Å²) in [7, 11) is 0. The normalized spacial score (nSPS) is 13.1. The minimum Gasteiger partial charge on any atom is -0.456 e. The molecule has 0 aliphatic carbocycles. The van der Waals surface area contributed by atoms with Crippen LogP contribution in [0.5, 0.6) is 11.5 Å². The van der Waals surface area contributed by atoms with Gasteiger partial charge < -0.3 is 24.5 Å². The highest BCUT2D eigenvalue weighted by molar-refractivity contribution is 6.08. The van der Waals surface area contributed by atoms with E-state index in [-0.39, 0.29) is 18.2 Å². The molecule has 4 aromatic rings. The fraction of sp³-hybridized carbons (Fsp3) is 0.261. The highest BCUT2D eigenvalue weighted by Gasteiger charge is 2.28. The molecule has 8 heteroatoms. The summed E-state index contributed by atoms with van der Waals surface area (Å²) in [6, 6.07) is 13.2. The summed E-state index contributed by atoms with van der Waals surface area (Å²) < 4.78 is 18.3. The largest absolute Gasteiger partial charge is 0.456 e. The Labute approximate surface area is 178 Å². The summed E-state index contributed by atoms with van der Waals surface area (Å²) in [6.45, 7) is 6.03. The van der Waals surface area contributed by atoms with Crippen LogP contribution in [0.2, 0.25) is 0 Å². The molecule has 0 fully saturated rings. The number of hydrogen-bond acceptors (Lipinski definition) is 7. The second kappa shape index (κ2) is 6.87. The molecule has 1 aliphatic heterocycles. The first-order valence-electron chi connectivity index (χ1n) is 9.96. The zero-order valence-electron chi connectivity index (χ0n) is 17.5. The quantitative estimate of drug-likeness (QED) is 0.504. The van der Waals surface area contributed by atoms with Crippen molar-refractivity contribution in [2.45, 2.75) is 32.9 Å². The van der Waals surface area contributed by atoms with Gasteiger partial charge in [0.25, 0.3) is 0 Å². The van der Waals surface area contributed by atoms with E-state index in [4.69, 9.17) is 29.9 Å². The first-order valence-corrected chi connectivity index (χ1v) is 9.96. The minimum absolute atomic E-state index is 0.202. The van der Waals surface area contributed by atoms with Gasteiger partial charge in [-0.05, 0) is 50.6 Å². The van der Waals surface area contributed by atoms with Crippen molar-refractivity contribution in [2.75, 3.05) is 12.5 Å². The van der Waals surface area contributed by atoms with Crippen molar-refractivity contribution >= 4 is 34.0 Å². The molecule has 0 saturated carbocycles. The maximum Gasteiger partial charge on any atom is 0.344 e. The number of para-hydroxylation sites is 2. The third-order valence-electron chi connectivity index (χ3n) is 4.97. The molecule has 0 amide bonds. The molecule has 31 heavy (non-hydrogen) atoms. The highest BCUT2D eigenvalue weighted by atomic mass is 16.7. The second-order valence-electron chi connectivity index (χ2n) is 8.42. The van der Waals surface area contributed by atoms with E-state index < -0.39 is 11.6 Å². The number of nitrogens with two attached hydrogens (primary N) is 1. The average molecular weight is 418 g/mol. The number of nitrogen functional groups attached to an aromatic ring is 1. The lowest BCUT2D eigenvalue weighted by Gasteiger charge is -2.19. The average Bonchev–Trinajstić information content (AvgIpc) is 3.27. The Kier molecular flexibility index (Phi) is 4.25. The van der Waals surface area contributed by atoms with Gasteiger partial charge in [-0.1, -0.05) is 18.2 Å². The molecule has 5 rings (SSSR count). The molecule has 0 unspecified atom stereocenters. The van der Waals surface area contributed by atoms with Gasteiger partial charge in [-0.2, -0.15) is 0 Å². The van der Waals surface area contributed by atoms with Crippen LogP contribution >= 0.6 is 0 Å². The monoisotopic (exact) mass is 418 g/mol. The summed E-state index contributed by atoms with van der Waals surface area (Å²) in [4.78, 5) is 22.5. The van der Waals surface area contributed by atoms with Crippen molar-refractivity contribution in [1.29, 1.82) is 0 Å². The van der Waals surface area contributed by atoms with Crippen LogP contribution in [-0.2, 0) is 11.3 Å². The first-order chi connectivity index (χ1) is 14.8. The number of benzene rings is 2. The Morgan fingerprint density at radius 1 is 1.10 bits per heavy atom. The molecule has 1 aliphatic rings. The van der Waals surface area contributed by atoms with Crippen LogP contribution in [0.4, 0.5) is 5.82 Å². The van der Waals surface area contributed by atoms with Crippen molar-refractivity contribution < 1.29 is 19.0 Å². The van der Waals surface area contributed by atoms with Crippen LogP contribution < -0.4 is 15.2 Å². The van der Waals surface area contributed by atoms with E-state index in [9.17, 15) is 4.79 Å². The van der Waals surface area contributed by atoms with Crippen LogP contribution in [-0.4, -0.2) is 32.9 Å². The zero-order chi connectivity index (χ0) is 21.8. The molecule has 0 bridgehead atoms. The molecule has 0 atom stereocenters. The topological polar surface area (TPSA) is 101 Å². The van der Waals surface area contributed by atoms with E-state index in [1.807, 2.05) is 63.2 Å². The van der Waals surface area contributed by atoms with Crippen LogP contribution in [0.3, 0.4) is 0 Å². The molecule has 3 heterocycles. The Bertz CT molecular complexity index is 1340. The lowest BCUT2D eigenvalue weighted by molar-refractivity contribution is 0.00727. The molecule has 0 radical (unpaired) electrons. The van der Waals surface area contributed by atoms with Crippen LogP contribution in [0, 0.1) is 0 Å².